The number of halogens is 1. The Morgan fingerprint density at radius 1 is 1.33 bits per heavy atom. The summed E-state index contributed by atoms with van der Waals surface area (Å²) in [6, 6.07) is 6.59. The smallest absolute Gasteiger partial charge is 0.0606 e. The van der Waals surface area contributed by atoms with E-state index in [9.17, 15) is 5.11 Å². The molecule has 0 aliphatic rings. The lowest BCUT2D eigenvalue weighted by Crippen LogP contribution is -2.37. The number of aliphatic hydroxyl groups is 1. The van der Waals surface area contributed by atoms with Gasteiger partial charge >= 0.3 is 0 Å². The molecule has 1 aromatic carbocycles. The van der Waals surface area contributed by atoms with Gasteiger partial charge in [0.15, 0.2) is 0 Å². The van der Waals surface area contributed by atoms with Gasteiger partial charge in [-0.25, -0.2) is 0 Å². The molecule has 0 amide bonds. The molecule has 0 saturated heterocycles. The Balaban J connectivity index is 3.14. The van der Waals surface area contributed by atoms with Crippen LogP contribution in [-0.4, -0.2) is 24.3 Å². The number of aliphatic hydroxyl groups excluding tert-OH is 1. The summed E-state index contributed by atoms with van der Waals surface area (Å²) in [7, 11) is 0. The highest BCUT2D eigenvalue weighted by Gasteiger charge is 2.18. The minimum atomic E-state index is 0.160. The van der Waals surface area contributed by atoms with E-state index in [2.05, 4.69) is 40.7 Å². The summed E-state index contributed by atoms with van der Waals surface area (Å²) in [5.74, 6) is 0. The minimum absolute atomic E-state index is 0.160. The molecule has 3 N–H and O–H groups in total. The fourth-order valence-electron chi connectivity index (χ4n) is 2.31. The molecule has 0 heterocycles. The van der Waals surface area contributed by atoms with Gasteiger partial charge in [-0.3, -0.25) is 0 Å². The highest BCUT2D eigenvalue weighted by Crippen LogP contribution is 2.28. The first-order chi connectivity index (χ1) is 8.67. The lowest BCUT2D eigenvalue weighted by molar-refractivity contribution is 0.296. The molecular weight excluding hydrogens is 292 g/mol. The quantitative estimate of drug-likeness (QED) is 0.813. The molecule has 0 atom stereocenters. The Kier molecular flexibility index (Phi) is 6.68. The third-order valence-corrected chi connectivity index (χ3v) is 3.79. The number of benzene rings is 1. The highest BCUT2D eigenvalue weighted by atomic mass is 79.9. The van der Waals surface area contributed by atoms with Crippen LogP contribution in [0.15, 0.2) is 22.7 Å². The van der Waals surface area contributed by atoms with Crippen LogP contribution in [0, 0.1) is 0 Å². The van der Waals surface area contributed by atoms with Gasteiger partial charge in [-0.1, -0.05) is 35.8 Å². The minimum Gasteiger partial charge on any atom is -0.395 e. The van der Waals surface area contributed by atoms with E-state index in [0.29, 0.717) is 19.1 Å². The maximum atomic E-state index is 9.29. The van der Waals surface area contributed by atoms with Crippen LogP contribution < -0.4 is 10.6 Å². The Morgan fingerprint density at radius 3 is 2.50 bits per heavy atom. The first kappa shape index (κ1) is 15.5. The molecule has 4 heteroatoms. The SMILES string of the molecule is CCC(CC)N(CCO)c1cc(Br)ccc1CN. The molecule has 0 bridgehead atoms. The van der Waals surface area contributed by atoms with E-state index in [-0.39, 0.29) is 6.61 Å². The molecule has 3 nitrogen and oxygen atoms in total. The molecule has 0 radical (unpaired) electrons. The van der Waals surface area contributed by atoms with Gasteiger partial charge in [0, 0.05) is 29.3 Å². The normalized spacial score (nSPS) is 11.0. The predicted molar refractivity (Wildman–Crippen MR) is 80.8 cm³/mol. The van der Waals surface area contributed by atoms with Crippen LogP contribution >= 0.6 is 15.9 Å². The lowest BCUT2D eigenvalue weighted by atomic mass is 10.1. The zero-order valence-corrected chi connectivity index (χ0v) is 12.8. The van der Waals surface area contributed by atoms with E-state index in [4.69, 9.17) is 5.73 Å². The van der Waals surface area contributed by atoms with E-state index in [1.165, 1.54) is 0 Å². The van der Waals surface area contributed by atoms with E-state index in [1.54, 1.807) is 0 Å². The maximum Gasteiger partial charge on any atom is 0.0606 e. The van der Waals surface area contributed by atoms with E-state index in [0.717, 1.165) is 28.6 Å². The van der Waals surface area contributed by atoms with E-state index < -0.39 is 0 Å². The topological polar surface area (TPSA) is 49.5 Å². The van der Waals surface area contributed by atoms with Gasteiger partial charge in [0.2, 0.25) is 0 Å². The molecule has 0 aromatic heterocycles. The van der Waals surface area contributed by atoms with Crippen LogP contribution in [0.4, 0.5) is 5.69 Å². The summed E-state index contributed by atoms with van der Waals surface area (Å²) in [6.45, 7) is 5.69. The van der Waals surface area contributed by atoms with Gasteiger partial charge in [0.05, 0.1) is 6.61 Å². The molecule has 0 unspecified atom stereocenters. The largest absolute Gasteiger partial charge is 0.395 e. The zero-order valence-electron chi connectivity index (χ0n) is 11.2. The van der Waals surface area contributed by atoms with Crippen molar-refractivity contribution in [1.82, 2.24) is 0 Å². The molecule has 0 saturated carbocycles. The second-order valence-electron chi connectivity index (χ2n) is 4.36. The monoisotopic (exact) mass is 314 g/mol. The van der Waals surface area contributed by atoms with E-state index >= 15 is 0 Å². The van der Waals surface area contributed by atoms with Crippen molar-refractivity contribution >= 4 is 21.6 Å². The van der Waals surface area contributed by atoms with Crippen molar-refractivity contribution in [2.75, 3.05) is 18.1 Å². The summed E-state index contributed by atoms with van der Waals surface area (Å²) >= 11 is 3.51. The third-order valence-electron chi connectivity index (χ3n) is 3.30. The van der Waals surface area contributed by atoms with Crippen LogP contribution in [0.2, 0.25) is 0 Å². The number of anilines is 1. The first-order valence-corrected chi connectivity index (χ1v) is 7.33. The summed E-state index contributed by atoms with van der Waals surface area (Å²) in [6.07, 6.45) is 2.13. The molecular formula is C14H23BrN2O. The van der Waals surface area contributed by atoms with Crippen molar-refractivity contribution in [1.29, 1.82) is 0 Å². The Hall–Kier alpha value is -0.580. The highest BCUT2D eigenvalue weighted by molar-refractivity contribution is 9.10. The third kappa shape index (κ3) is 3.70. The number of rotatable bonds is 7. The van der Waals surface area contributed by atoms with Crippen molar-refractivity contribution < 1.29 is 5.11 Å². The molecule has 1 rings (SSSR count). The first-order valence-electron chi connectivity index (χ1n) is 6.53. The Morgan fingerprint density at radius 2 is 2.00 bits per heavy atom. The lowest BCUT2D eigenvalue weighted by Gasteiger charge is -2.33. The van der Waals surface area contributed by atoms with Crippen LogP contribution in [-0.2, 0) is 6.54 Å². The van der Waals surface area contributed by atoms with Gasteiger partial charge < -0.3 is 15.7 Å². The average molecular weight is 315 g/mol. The van der Waals surface area contributed by atoms with E-state index in [1.807, 2.05) is 12.1 Å². The molecule has 0 fully saturated rings. The number of hydrogen-bond acceptors (Lipinski definition) is 3. The van der Waals surface area contributed by atoms with Crippen LogP contribution in [0.3, 0.4) is 0 Å². The second-order valence-corrected chi connectivity index (χ2v) is 5.28. The summed E-state index contributed by atoms with van der Waals surface area (Å²) < 4.78 is 1.04. The number of nitrogens with two attached hydrogens (primary N) is 1. The van der Waals surface area contributed by atoms with Crippen molar-refractivity contribution in [3.05, 3.63) is 28.2 Å². The second kappa shape index (κ2) is 7.77. The molecule has 102 valence electrons. The number of hydrogen-bond donors (Lipinski definition) is 2. The van der Waals surface area contributed by atoms with Gasteiger partial charge in [0.25, 0.3) is 0 Å². The van der Waals surface area contributed by atoms with Crippen molar-refractivity contribution in [2.24, 2.45) is 5.73 Å². The molecule has 18 heavy (non-hydrogen) atoms. The van der Waals surface area contributed by atoms with Crippen molar-refractivity contribution in [3.63, 3.8) is 0 Å². The molecule has 1 aromatic rings. The standard InChI is InChI=1S/C14H23BrN2O/c1-3-13(4-2)17(7-8-18)14-9-12(15)6-5-11(14)10-16/h5-6,9,13,18H,3-4,7-8,10,16H2,1-2H3. The summed E-state index contributed by atoms with van der Waals surface area (Å²) in [4.78, 5) is 2.27. The van der Waals surface area contributed by atoms with Crippen LogP contribution in [0.5, 0.6) is 0 Å². The van der Waals surface area contributed by atoms with Crippen molar-refractivity contribution in [3.8, 4) is 0 Å². The summed E-state index contributed by atoms with van der Waals surface area (Å²) in [5, 5.41) is 9.29. The predicted octanol–water partition coefficient (Wildman–Crippen LogP) is 2.90. The Bertz CT molecular complexity index is 367. The fourth-order valence-corrected chi connectivity index (χ4v) is 2.66. The summed E-state index contributed by atoms with van der Waals surface area (Å²) in [5.41, 5.74) is 8.07. The van der Waals surface area contributed by atoms with Gasteiger partial charge in [-0.2, -0.15) is 0 Å². The van der Waals surface area contributed by atoms with Gasteiger partial charge in [0.1, 0.15) is 0 Å². The Labute approximate surface area is 118 Å². The van der Waals surface area contributed by atoms with Gasteiger partial charge in [-0.15, -0.1) is 0 Å². The average Bonchev–Trinajstić information content (AvgIpc) is 2.39. The van der Waals surface area contributed by atoms with Crippen LogP contribution in [0.1, 0.15) is 32.3 Å². The molecule has 0 aliphatic heterocycles. The van der Waals surface area contributed by atoms with Gasteiger partial charge in [-0.05, 0) is 30.5 Å². The maximum absolute atomic E-state index is 9.29. The van der Waals surface area contributed by atoms with Crippen LogP contribution in [0.25, 0.3) is 0 Å². The molecule has 0 aliphatic carbocycles. The zero-order chi connectivity index (χ0) is 13.5. The fraction of sp³-hybridized carbons (Fsp3) is 0.571. The molecule has 0 spiro atoms. The van der Waals surface area contributed by atoms with Crippen molar-refractivity contribution in [2.45, 2.75) is 39.3 Å². The number of nitrogens with zero attached hydrogens (tertiary/aromatic N) is 1.